The number of amides is 3. The molecule has 3 amide bonds. The van der Waals surface area contributed by atoms with Crippen molar-refractivity contribution in [2.75, 3.05) is 19.7 Å². The molecule has 1 unspecified atom stereocenters. The summed E-state index contributed by atoms with van der Waals surface area (Å²) in [7, 11) is -5.51. The van der Waals surface area contributed by atoms with Crippen LogP contribution in [-0.2, 0) is 33.3 Å². The quantitative estimate of drug-likeness (QED) is 0.477. The molecule has 3 heterocycles. The largest absolute Gasteiger partial charge is 0.492 e. The van der Waals surface area contributed by atoms with Gasteiger partial charge in [0.15, 0.2) is 0 Å². The van der Waals surface area contributed by atoms with Gasteiger partial charge in [-0.3, -0.25) is 9.63 Å². The van der Waals surface area contributed by atoms with Gasteiger partial charge in [0.05, 0.1) is 12.6 Å². The summed E-state index contributed by atoms with van der Waals surface area (Å²) in [4.78, 5) is 41.8. The van der Waals surface area contributed by atoms with Crippen molar-refractivity contribution >= 4 is 28.3 Å². The number of hydroxylamine groups is 3. The van der Waals surface area contributed by atoms with E-state index < -0.39 is 46.6 Å². The molecule has 3 saturated heterocycles. The van der Waals surface area contributed by atoms with Crippen LogP contribution in [0.1, 0.15) is 32.1 Å². The average Bonchev–Trinajstić information content (AvgIpc) is 2.92. The average molecular weight is 474 g/mol. The smallest absolute Gasteiger partial charge is 0.315 e. The van der Waals surface area contributed by atoms with E-state index in [9.17, 15) is 36.0 Å². The van der Waals surface area contributed by atoms with E-state index >= 15 is 0 Å². The standard InChI is InChI=1S/C15H21F3N4O8S/c16-15(17,18)13(24)29-31(26,27)30-22-10-4-5-11(21(7-10)14(22)25)12(23)20-28-8-9-3-1-2-6-19-9/h9-11,19H,1-8H2,(H,20,23)/t9?,10-,11+/m1/s1. The third-order valence-electron chi connectivity index (χ3n) is 5.08. The number of hydrogen-bond acceptors (Lipinski definition) is 9. The third-order valence-corrected chi connectivity index (χ3v) is 5.77. The Kier molecular flexibility index (Phi) is 6.92. The molecule has 0 aromatic carbocycles. The summed E-state index contributed by atoms with van der Waals surface area (Å²) in [6.45, 7) is 0.974. The van der Waals surface area contributed by atoms with Gasteiger partial charge in [-0.25, -0.2) is 15.1 Å². The Balaban J connectivity index is 1.54. The first-order valence-corrected chi connectivity index (χ1v) is 10.8. The highest BCUT2D eigenvalue weighted by atomic mass is 32.3. The first-order valence-electron chi connectivity index (χ1n) is 9.48. The van der Waals surface area contributed by atoms with E-state index in [0.29, 0.717) is 5.06 Å². The van der Waals surface area contributed by atoms with E-state index in [0.717, 1.165) is 30.7 Å². The Bertz CT molecular complexity index is 818. The molecule has 31 heavy (non-hydrogen) atoms. The molecular weight excluding hydrogens is 453 g/mol. The van der Waals surface area contributed by atoms with Crippen molar-refractivity contribution in [3.63, 3.8) is 0 Å². The molecule has 0 aliphatic carbocycles. The molecular formula is C15H21F3N4O8S. The predicted octanol–water partition coefficient (Wildman–Crippen LogP) is -0.273. The summed E-state index contributed by atoms with van der Waals surface area (Å²) in [6, 6.07) is -2.82. The summed E-state index contributed by atoms with van der Waals surface area (Å²) in [5, 5.41) is 3.52. The van der Waals surface area contributed by atoms with Gasteiger partial charge in [-0.15, -0.1) is 4.28 Å². The number of carbonyl (C=O) groups excluding carboxylic acids is 3. The molecule has 0 saturated carbocycles. The zero-order chi connectivity index (χ0) is 22.8. The van der Waals surface area contributed by atoms with Crippen LogP contribution < -0.4 is 10.8 Å². The Morgan fingerprint density at radius 3 is 2.58 bits per heavy atom. The van der Waals surface area contributed by atoms with Gasteiger partial charge in [0.25, 0.3) is 5.91 Å². The number of rotatable bonds is 7. The van der Waals surface area contributed by atoms with E-state index in [2.05, 4.69) is 19.3 Å². The maximum Gasteiger partial charge on any atom is 0.492 e. The fraction of sp³-hybridized carbons (Fsp3) is 0.800. The van der Waals surface area contributed by atoms with Crippen molar-refractivity contribution in [3.05, 3.63) is 0 Å². The first kappa shape index (κ1) is 23.5. The van der Waals surface area contributed by atoms with Gasteiger partial charge >= 0.3 is 28.6 Å². The Hall–Kier alpha value is -2.17. The van der Waals surface area contributed by atoms with E-state index in [1.807, 2.05) is 0 Å². The molecule has 3 rings (SSSR count). The van der Waals surface area contributed by atoms with Crippen LogP contribution in [0.3, 0.4) is 0 Å². The summed E-state index contributed by atoms with van der Waals surface area (Å²) in [5.74, 6) is -3.64. The van der Waals surface area contributed by atoms with E-state index in [-0.39, 0.29) is 32.0 Å². The Morgan fingerprint density at radius 2 is 1.94 bits per heavy atom. The topological polar surface area (TPSA) is 144 Å². The van der Waals surface area contributed by atoms with Crippen molar-refractivity contribution in [3.8, 4) is 0 Å². The summed E-state index contributed by atoms with van der Waals surface area (Å²) < 4.78 is 67.4. The molecule has 3 atom stereocenters. The monoisotopic (exact) mass is 474 g/mol. The van der Waals surface area contributed by atoms with Crippen LogP contribution >= 0.6 is 0 Å². The molecule has 0 aromatic heterocycles. The van der Waals surface area contributed by atoms with Crippen LogP contribution in [0.2, 0.25) is 0 Å². The number of piperidine rings is 2. The van der Waals surface area contributed by atoms with Gasteiger partial charge in [-0.2, -0.15) is 26.7 Å². The van der Waals surface area contributed by atoms with Gasteiger partial charge in [-0.05, 0) is 32.2 Å². The number of nitrogens with zero attached hydrogens (tertiary/aromatic N) is 2. The van der Waals surface area contributed by atoms with E-state index in [4.69, 9.17) is 4.84 Å². The van der Waals surface area contributed by atoms with Crippen molar-refractivity contribution in [2.45, 2.75) is 56.4 Å². The number of alkyl halides is 3. The van der Waals surface area contributed by atoms with Crippen LogP contribution in [-0.4, -0.2) is 80.3 Å². The number of urea groups is 1. The molecule has 3 aliphatic rings. The normalized spacial score (nSPS) is 26.7. The van der Waals surface area contributed by atoms with Crippen LogP contribution in [0, 0.1) is 0 Å². The van der Waals surface area contributed by atoms with E-state index in [1.54, 1.807) is 0 Å². The first-order chi connectivity index (χ1) is 14.5. The van der Waals surface area contributed by atoms with Gasteiger partial charge in [0.1, 0.15) is 6.04 Å². The fourth-order valence-corrected chi connectivity index (χ4v) is 4.30. The van der Waals surface area contributed by atoms with Crippen LogP contribution in [0.25, 0.3) is 0 Å². The van der Waals surface area contributed by atoms with Gasteiger partial charge in [0.2, 0.25) is 0 Å². The highest BCUT2D eigenvalue weighted by molar-refractivity contribution is 7.82. The highest BCUT2D eigenvalue weighted by Gasteiger charge is 2.51. The molecule has 0 radical (unpaired) electrons. The zero-order valence-corrected chi connectivity index (χ0v) is 16.9. The maximum atomic E-state index is 12.5. The lowest BCUT2D eigenvalue weighted by Gasteiger charge is -2.29. The predicted molar refractivity (Wildman–Crippen MR) is 92.6 cm³/mol. The zero-order valence-electron chi connectivity index (χ0n) is 16.1. The summed E-state index contributed by atoms with van der Waals surface area (Å²) in [6.07, 6.45) is -2.32. The lowest BCUT2D eigenvalue weighted by atomic mass is 10.0. The number of nitrogens with one attached hydrogen (secondary N) is 2. The van der Waals surface area contributed by atoms with Crippen LogP contribution in [0.5, 0.6) is 0 Å². The lowest BCUT2D eigenvalue weighted by molar-refractivity contribution is -0.191. The molecule has 3 aliphatic heterocycles. The number of fused-ring (bicyclic) bond motifs is 2. The molecule has 16 heteroatoms. The minimum absolute atomic E-state index is 0.0895. The number of halogens is 3. The summed E-state index contributed by atoms with van der Waals surface area (Å²) >= 11 is 0. The van der Waals surface area contributed by atoms with Gasteiger partial charge in [-0.1, -0.05) is 6.42 Å². The van der Waals surface area contributed by atoms with Crippen molar-refractivity contribution < 1.29 is 49.3 Å². The number of hydrogen-bond donors (Lipinski definition) is 2. The van der Waals surface area contributed by atoms with Crippen molar-refractivity contribution in [1.29, 1.82) is 0 Å². The van der Waals surface area contributed by atoms with Crippen molar-refractivity contribution in [2.24, 2.45) is 0 Å². The molecule has 2 N–H and O–H groups in total. The molecule has 12 nitrogen and oxygen atoms in total. The summed E-state index contributed by atoms with van der Waals surface area (Å²) in [5.41, 5.74) is 2.26. The SMILES string of the molecule is O=C(NOCC1CCCCN1)[C@@H]1CC[C@@H]2CN1C(=O)N2OS(=O)(=O)OC(=O)C(F)(F)F. The highest BCUT2D eigenvalue weighted by Crippen LogP contribution is 2.31. The third kappa shape index (κ3) is 5.75. The Morgan fingerprint density at radius 1 is 1.19 bits per heavy atom. The maximum absolute atomic E-state index is 12.5. The minimum Gasteiger partial charge on any atom is -0.315 e. The second kappa shape index (κ2) is 9.13. The van der Waals surface area contributed by atoms with Crippen LogP contribution in [0.15, 0.2) is 0 Å². The second-order valence-corrected chi connectivity index (χ2v) is 8.42. The Labute approximate surface area is 175 Å². The fourth-order valence-electron chi connectivity index (χ4n) is 3.60. The lowest BCUT2D eigenvalue weighted by Crippen LogP contribution is -2.50. The second-order valence-electron chi connectivity index (χ2n) is 7.28. The van der Waals surface area contributed by atoms with Crippen LogP contribution in [0.4, 0.5) is 18.0 Å². The van der Waals surface area contributed by atoms with Crippen molar-refractivity contribution in [1.82, 2.24) is 20.8 Å². The number of carbonyl (C=O) groups is 3. The van der Waals surface area contributed by atoms with Gasteiger partial charge in [0, 0.05) is 12.6 Å². The van der Waals surface area contributed by atoms with Gasteiger partial charge < -0.3 is 14.4 Å². The molecule has 0 spiro atoms. The van der Waals surface area contributed by atoms with E-state index in [1.165, 1.54) is 0 Å². The molecule has 3 fully saturated rings. The molecule has 176 valence electrons. The molecule has 2 bridgehead atoms. The molecule has 0 aromatic rings. The minimum atomic E-state index is -5.57.